The topological polar surface area (TPSA) is 83.4 Å². The molecule has 4 rings (SSSR count). The van der Waals surface area contributed by atoms with Gasteiger partial charge >= 0.3 is 5.97 Å². The van der Waals surface area contributed by atoms with Gasteiger partial charge in [0.05, 0.1) is 26.9 Å². The summed E-state index contributed by atoms with van der Waals surface area (Å²) >= 11 is 0. The number of rotatable bonds is 9. The Labute approximate surface area is 224 Å². The Balaban J connectivity index is 1.80. The molecule has 2 aromatic rings. The van der Waals surface area contributed by atoms with Crippen molar-refractivity contribution in [3.05, 3.63) is 64.9 Å². The van der Waals surface area contributed by atoms with E-state index in [0.717, 1.165) is 16.8 Å². The molecule has 1 aliphatic carbocycles. The Morgan fingerprint density at radius 3 is 2.45 bits per heavy atom. The van der Waals surface area contributed by atoms with E-state index in [4.69, 9.17) is 23.9 Å². The van der Waals surface area contributed by atoms with E-state index in [1.807, 2.05) is 70.2 Å². The number of carbonyl (C=O) groups excluding carboxylic acids is 2. The van der Waals surface area contributed by atoms with E-state index in [1.54, 1.807) is 14.2 Å². The first kappa shape index (κ1) is 27.4. The zero-order valence-electron chi connectivity index (χ0n) is 23.1. The summed E-state index contributed by atoms with van der Waals surface area (Å²) in [6.07, 6.45) is 1.54. The Kier molecular flexibility index (Phi) is 8.55. The molecule has 38 heavy (non-hydrogen) atoms. The van der Waals surface area contributed by atoms with E-state index in [2.05, 4.69) is 0 Å². The quantitative estimate of drug-likeness (QED) is 0.377. The van der Waals surface area contributed by atoms with Crippen LogP contribution in [0.15, 0.2) is 58.7 Å². The van der Waals surface area contributed by atoms with E-state index in [9.17, 15) is 9.59 Å². The molecule has 0 saturated heterocycles. The van der Waals surface area contributed by atoms with Crippen LogP contribution in [-0.4, -0.2) is 44.4 Å². The summed E-state index contributed by atoms with van der Waals surface area (Å²) in [7, 11) is 3.20. The first-order chi connectivity index (χ1) is 18.3. The fourth-order valence-electron chi connectivity index (χ4n) is 5.43. The number of esters is 1. The molecule has 0 radical (unpaired) electrons. The maximum atomic E-state index is 13.9. The van der Waals surface area contributed by atoms with Gasteiger partial charge in [0.1, 0.15) is 11.7 Å². The van der Waals surface area contributed by atoms with Gasteiger partial charge in [-0.1, -0.05) is 31.2 Å². The van der Waals surface area contributed by atoms with Crippen molar-refractivity contribution in [3.8, 4) is 17.2 Å². The molecule has 7 heteroatoms. The summed E-state index contributed by atoms with van der Waals surface area (Å²) in [6, 6.07) is 13.4. The molecular weight excluding hydrogens is 482 g/mol. The minimum Gasteiger partial charge on any atom is -0.493 e. The lowest BCUT2D eigenvalue weighted by Crippen LogP contribution is -2.38. The SMILES string of the molecule is CCCOC(=O)C1C(C)=NC2=C(C(=O)C[C@H](c3ccc(OC)c(OC)c3)C2)[C@@H]1c1ccccc1OC(C)C. The molecule has 0 bridgehead atoms. The van der Waals surface area contributed by atoms with Gasteiger partial charge in [-0.15, -0.1) is 0 Å². The molecule has 1 aliphatic heterocycles. The number of aliphatic imine (C=N–C) groups is 1. The number of methoxy groups -OCH3 is 2. The van der Waals surface area contributed by atoms with Gasteiger partial charge in [0.2, 0.25) is 0 Å². The minimum absolute atomic E-state index is 0.0140. The van der Waals surface area contributed by atoms with Crippen LogP contribution >= 0.6 is 0 Å². The Hall–Kier alpha value is -3.61. The molecule has 0 spiro atoms. The number of para-hydroxylation sites is 1. The zero-order chi connectivity index (χ0) is 27.4. The third kappa shape index (κ3) is 5.47. The van der Waals surface area contributed by atoms with Gasteiger partial charge in [-0.2, -0.15) is 0 Å². The second kappa shape index (κ2) is 11.8. The highest BCUT2D eigenvalue weighted by atomic mass is 16.5. The van der Waals surface area contributed by atoms with Gasteiger partial charge in [-0.25, -0.2) is 0 Å². The molecule has 2 aliphatic rings. The summed E-state index contributed by atoms with van der Waals surface area (Å²) in [5.74, 6) is 0.261. The van der Waals surface area contributed by atoms with Crippen molar-refractivity contribution in [1.82, 2.24) is 0 Å². The van der Waals surface area contributed by atoms with E-state index in [1.165, 1.54) is 0 Å². The Morgan fingerprint density at radius 1 is 1.03 bits per heavy atom. The first-order valence-electron chi connectivity index (χ1n) is 13.2. The number of allylic oxidation sites excluding steroid dienone is 2. The Bertz CT molecular complexity index is 1260. The van der Waals surface area contributed by atoms with Crippen LogP contribution in [0.25, 0.3) is 0 Å². The van der Waals surface area contributed by atoms with Crippen molar-refractivity contribution >= 4 is 17.5 Å². The highest BCUT2D eigenvalue weighted by Gasteiger charge is 2.45. The van der Waals surface area contributed by atoms with Crippen molar-refractivity contribution in [2.75, 3.05) is 20.8 Å². The largest absolute Gasteiger partial charge is 0.493 e. The van der Waals surface area contributed by atoms with Crippen LogP contribution in [0.5, 0.6) is 17.2 Å². The van der Waals surface area contributed by atoms with Crippen LogP contribution in [0.4, 0.5) is 0 Å². The van der Waals surface area contributed by atoms with Crippen LogP contribution in [0.3, 0.4) is 0 Å². The first-order valence-corrected chi connectivity index (χ1v) is 13.2. The molecule has 3 atom stereocenters. The lowest BCUT2D eigenvalue weighted by molar-refractivity contribution is -0.146. The Morgan fingerprint density at radius 2 is 1.76 bits per heavy atom. The number of ether oxygens (including phenoxy) is 4. The number of hydrogen-bond donors (Lipinski definition) is 0. The molecule has 202 valence electrons. The van der Waals surface area contributed by atoms with Gasteiger partial charge in [-0.05, 0) is 63.3 Å². The number of ketones is 1. The summed E-state index contributed by atoms with van der Waals surface area (Å²) in [4.78, 5) is 32.2. The zero-order valence-corrected chi connectivity index (χ0v) is 23.1. The van der Waals surface area contributed by atoms with Gasteiger partial charge in [0, 0.05) is 34.9 Å². The van der Waals surface area contributed by atoms with E-state index >= 15 is 0 Å². The maximum absolute atomic E-state index is 13.9. The smallest absolute Gasteiger partial charge is 0.315 e. The summed E-state index contributed by atoms with van der Waals surface area (Å²) in [5.41, 5.74) is 3.75. The lowest BCUT2D eigenvalue weighted by Gasteiger charge is -2.37. The van der Waals surface area contributed by atoms with Crippen LogP contribution in [0.1, 0.15) is 69.9 Å². The van der Waals surface area contributed by atoms with Crippen LogP contribution in [0, 0.1) is 5.92 Å². The molecule has 0 aromatic heterocycles. The average Bonchev–Trinajstić information content (AvgIpc) is 2.90. The van der Waals surface area contributed by atoms with Crippen LogP contribution < -0.4 is 14.2 Å². The lowest BCUT2D eigenvalue weighted by atomic mass is 9.69. The molecule has 2 aromatic carbocycles. The molecule has 0 saturated carbocycles. The van der Waals surface area contributed by atoms with Gasteiger partial charge in [-0.3, -0.25) is 14.6 Å². The van der Waals surface area contributed by atoms with Gasteiger partial charge < -0.3 is 18.9 Å². The van der Waals surface area contributed by atoms with Crippen molar-refractivity contribution in [3.63, 3.8) is 0 Å². The third-order valence-electron chi connectivity index (χ3n) is 7.09. The van der Waals surface area contributed by atoms with Crippen molar-refractivity contribution in [1.29, 1.82) is 0 Å². The molecule has 0 N–H and O–H groups in total. The van der Waals surface area contributed by atoms with E-state index < -0.39 is 11.8 Å². The standard InChI is InChI=1S/C31H37NO6/c1-7-14-37-31(34)28-19(4)32-23-15-21(20-12-13-26(35-5)27(17-20)36-6)16-24(33)30(23)29(28)22-10-8-9-11-25(22)38-18(2)3/h8-13,17-18,21,28-29H,7,14-16H2,1-6H3/t21-,28?,29-/m1/s1. The molecule has 0 amide bonds. The second-order valence-electron chi connectivity index (χ2n) is 10.1. The number of benzene rings is 2. The monoisotopic (exact) mass is 519 g/mol. The summed E-state index contributed by atoms with van der Waals surface area (Å²) < 4.78 is 22.6. The van der Waals surface area contributed by atoms with Crippen molar-refractivity contribution in [2.45, 2.75) is 64.9 Å². The van der Waals surface area contributed by atoms with E-state index in [0.29, 0.717) is 54.4 Å². The van der Waals surface area contributed by atoms with Crippen molar-refractivity contribution in [2.24, 2.45) is 10.9 Å². The normalized spacial score (nSPS) is 21.1. The van der Waals surface area contributed by atoms with Crippen LogP contribution in [-0.2, 0) is 14.3 Å². The number of nitrogens with zero attached hydrogens (tertiary/aromatic N) is 1. The number of Topliss-reactive ketones (excluding diaryl/α,β-unsaturated/α-hetero) is 1. The predicted molar refractivity (Wildman–Crippen MR) is 146 cm³/mol. The fourth-order valence-corrected chi connectivity index (χ4v) is 5.43. The molecule has 0 fully saturated rings. The van der Waals surface area contributed by atoms with Crippen LogP contribution in [0.2, 0.25) is 0 Å². The molecular formula is C31H37NO6. The maximum Gasteiger partial charge on any atom is 0.315 e. The van der Waals surface area contributed by atoms with E-state index in [-0.39, 0.29) is 23.8 Å². The number of carbonyl (C=O) groups is 2. The van der Waals surface area contributed by atoms with Gasteiger partial charge in [0.25, 0.3) is 0 Å². The fraction of sp³-hybridized carbons (Fsp3) is 0.452. The highest BCUT2D eigenvalue weighted by Crippen LogP contribution is 2.49. The highest BCUT2D eigenvalue weighted by molar-refractivity contribution is 6.09. The van der Waals surface area contributed by atoms with Gasteiger partial charge in [0.15, 0.2) is 17.3 Å². The average molecular weight is 520 g/mol. The summed E-state index contributed by atoms with van der Waals surface area (Å²) in [5, 5.41) is 0. The molecule has 7 nitrogen and oxygen atoms in total. The minimum atomic E-state index is -0.696. The molecule has 1 unspecified atom stereocenters. The number of hydrogen-bond acceptors (Lipinski definition) is 7. The summed E-state index contributed by atoms with van der Waals surface area (Å²) in [6.45, 7) is 8.05. The van der Waals surface area contributed by atoms with Crippen molar-refractivity contribution < 1.29 is 28.5 Å². The molecule has 1 heterocycles. The second-order valence-corrected chi connectivity index (χ2v) is 10.1. The predicted octanol–water partition coefficient (Wildman–Crippen LogP) is 6.02. The third-order valence-corrected chi connectivity index (χ3v) is 7.09.